The Bertz CT molecular complexity index is 3010. The van der Waals surface area contributed by atoms with Crippen LogP contribution in [0.15, 0.2) is 224 Å². The molecule has 0 N–H and O–H groups in total. The third-order valence-corrected chi connectivity index (χ3v) is 12.4. The van der Waals surface area contributed by atoms with E-state index < -0.39 is 5.66 Å². The van der Waals surface area contributed by atoms with Crippen molar-refractivity contribution in [3.05, 3.63) is 230 Å². The molecule has 11 aromatic rings. The summed E-state index contributed by atoms with van der Waals surface area (Å²) < 4.78 is 0. The summed E-state index contributed by atoms with van der Waals surface area (Å²) in [6, 6.07) is 73.9. The van der Waals surface area contributed by atoms with Crippen LogP contribution in [0, 0.1) is 0 Å². The zero-order chi connectivity index (χ0) is 38.2. The fraction of sp³-hybridized carbons (Fsp3) is 0.0357. The van der Waals surface area contributed by atoms with Crippen LogP contribution in [-0.4, -0.2) is 5.66 Å². The summed E-state index contributed by atoms with van der Waals surface area (Å²) in [4.78, 5) is 5.10. The molecule has 0 aromatic heterocycles. The van der Waals surface area contributed by atoms with Crippen LogP contribution in [0.5, 0.6) is 0 Å². The van der Waals surface area contributed by atoms with Crippen molar-refractivity contribution < 1.29 is 0 Å². The van der Waals surface area contributed by atoms with Crippen LogP contribution in [0.3, 0.4) is 0 Å². The van der Waals surface area contributed by atoms with E-state index >= 15 is 0 Å². The van der Waals surface area contributed by atoms with Gasteiger partial charge in [-0.05, 0) is 131 Å². The van der Waals surface area contributed by atoms with Gasteiger partial charge in [0.1, 0.15) is 0 Å². The van der Waals surface area contributed by atoms with Crippen LogP contribution in [0.25, 0.3) is 64.6 Å². The maximum absolute atomic E-state index is 2.55. The quantitative estimate of drug-likeness (QED) is 0.0913. The second kappa shape index (κ2) is 12.8. The SMILES string of the molecule is C1=CC(N(c2ccccc2)c2cc3ccc4cccc5ccc(c2)c3c45)(N(c2ccccc2)c2cc3ccc4cccc5ccc(c2)c3c45)C=CC1c1ccccc1. The lowest BCUT2D eigenvalue weighted by Gasteiger charge is -2.51. The van der Waals surface area contributed by atoms with Gasteiger partial charge in [0.2, 0.25) is 0 Å². The van der Waals surface area contributed by atoms with Crippen LogP contribution < -0.4 is 9.80 Å². The largest absolute Gasteiger partial charge is 0.311 e. The molecule has 58 heavy (non-hydrogen) atoms. The third kappa shape index (κ3) is 4.98. The minimum Gasteiger partial charge on any atom is -0.311 e. The normalized spacial score (nSPS) is 14.1. The number of allylic oxidation sites excluding steroid dienone is 2. The first-order chi connectivity index (χ1) is 28.7. The zero-order valence-electron chi connectivity index (χ0n) is 31.8. The lowest BCUT2D eigenvalue weighted by molar-refractivity contribution is 0.626. The third-order valence-electron chi connectivity index (χ3n) is 12.4. The smallest absolute Gasteiger partial charge is 0.160 e. The van der Waals surface area contributed by atoms with Gasteiger partial charge in [0, 0.05) is 28.7 Å². The maximum atomic E-state index is 2.55. The maximum Gasteiger partial charge on any atom is 0.160 e. The van der Waals surface area contributed by atoms with Crippen LogP contribution >= 0.6 is 0 Å². The number of rotatable bonds is 7. The van der Waals surface area contributed by atoms with Crippen molar-refractivity contribution in [2.45, 2.75) is 11.6 Å². The fourth-order valence-corrected chi connectivity index (χ4v) is 9.92. The number of hydrogen-bond acceptors (Lipinski definition) is 2. The number of nitrogens with zero attached hydrogens (tertiary/aromatic N) is 2. The average molecular weight is 739 g/mol. The second-order valence-corrected chi connectivity index (χ2v) is 15.7. The summed E-state index contributed by atoms with van der Waals surface area (Å²) in [5.41, 5.74) is 4.87. The molecule has 0 bridgehead atoms. The minimum atomic E-state index is -0.824. The molecule has 0 saturated heterocycles. The van der Waals surface area contributed by atoms with Crippen LogP contribution in [0.4, 0.5) is 22.7 Å². The van der Waals surface area contributed by atoms with Gasteiger partial charge in [-0.15, -0.1) is 0 Å². The predicted octanol–water partition coefficient (Wildman–Crippen LogP) is 15.1. The molecule has 1 aliphatic rings. The van der Waals surface area contributed by atoms with E-state index in [2.05, 4.69) is 234 Å². The summed E-state index contributed by atoms with van der Waals surface area (Å²) in [6.07, 6.45) is 9.69. The molecule has 0 radical (unpaired) electrons. The van der Waals surface area contributed by atoms with Gasteiger partial charge in [0.25, 0.3) is 0 Å². The Balaban J connectivity index is 1.16. The lowest BCUT2D eigenvalue weighted by atomic mass is 9.86. The van der Waals surface area contributed by atoms with Crippen molar-refractivity contribution in [3.63, 3.8) is 0 Å². The van der Waals surface area contributed by atoms with Crippen molar-refractivity contribution >= 4 is 87.4 Å². The Kier molecular flexibility index (Phi) is 7.24. The molecular weight excluding hydrogens is 701 g/mol. The van der Waals surface area contributed by atoms with Gasteiger partial charge in [-0.25, -0.2) is 0 Å². The van der Waals surface area contributed by atoms with Gasteiger partial charge in [-0.2, -0.15) is 0 Å². The van der Waals surface area contributed by atoms with Gasteiger partial charge in [-0.3, -0.25) is 0 Å². The van der Waals surface area contributed by atoms with Crippen molar-refractivity contribution in [2.24, 2.45) is 0 Å². The number of anilines is 4. The van der Waals surface area contributed by atoms with E-state index in [1.165, 1.54) is 70.2 Å². The monoisotopic (exact) mass is 738 g/mol. The predicted molar refractivity (Wildman–Crippen MR) is 248 cm³/mol. The van der Waals surface area contributed by atoms with E-state index in [0.29, 0.717) is 0 Å². The van der Waals surface area contributed by atoms with Gasteiger partial charge in [-0.1, -0.05) is 164 Å². The first-order valence-electron chi connectivity index (χ1n) is 20.2. The summed E-state index contributed by atoms with van der Waals surface area (Å²) >= 11 is 0. The molecule has 272 valence electrons. The van der Waals surface area contributed by atoms with Gasteiger partial charge in [0.15, 0.2) is 5.66 Å². The van der Waals surface area contributed by atoms with Gasteiger partial charge < -0.3 is 9.80 Å². The molecule has 0 saturated carbocycles. The number of para-hydroxylation sites is 2. The van der Waals surface area contributed by atoms with E-state index in [9.17, 15) is 0 Å². The minimum absolute atomic E-state index is 0.125. The molecule has 11 aromatic carbocycles. The highest BCUT2D eigenvalue weighted by Gasteiger charge is 2.43. The molecule has 0 unspecified atom stereocenters. The molecule has 2 heteroatoms. The van der Waals surface area contributed by atoms with Crippen LogP contribution in [0.2, 0.25) is 0 Å². The molecular formula is C56H38N2. The lowest BCUT2D eigenvalue weighted by Crippen LogP contribution is -2.56. The van der Waals surface area contributed by atoms with Crippen molar-refractivity contribution in [1.29, 1.82) is 0 Å². The zero-order valence-corrected chi connectivity index (χ0v) is 31.8. The Morgan fingerprint density at radius 2 is 0.621 bits per heavy atom. The van der Waals surface area contributed by atoms with Crippen LogP contribution in [-0.2, 0) is 0 Å². The molecule has 0 fully saturated rings. The molecule has 0 atom stereocenters. The number of benzene rings is 11. The Labute approximate surface area is 337 Å². The topological polar surface area (TPSA) is 6.48 Å². The second-order valence-electron chi connectivity index (χ2n) is 15.7. The van der Waals surface area contributed by atoms with Gasteiger partial charge in [0.05, 0.1) is 0 Å². The molecule has 0 spiro atoms. The molecule has 0 amide bonds. The highest BCUT2D eigenvalue weighted by molar-refractivity contribution is 6.25. The summed E-state index contributed by atoms with van der Waals surface area (Å²) in [5, 5.41) is 15.3. The summed E-state index contributed by atoms with van der Waals surface area (Å²) in [5.74, 6) is 0.125. The summed E-state index contributed by atoms with van der Waals surface area (Å²) in [6.45, 7) is 0. The van der Waals surface area contributed by atoms with Crippen molar-refractivity contribution in [3.8, 4) is 0 Å². The first-order valence-corrected chi connectivity index (χ1v) is 20.2. The van der Waals surface area contributed by atoms with E-state index in [4.69, 9.17) is 0 Å². The highest BCUT2D eigenvalue weighted by Crippen LogP contribution is 2.49. The van der Waals surface area contributed by atoms with E-state index in [1.54, 1.807) is 0 Å². The Hall–Kier alpha value is -7.42. The van der Waals surface area contributed by atoms with Crippen molar-refractivity contribution in [1.82, 2.24) is 0 Å². The van der Waals surface area contributed by atoms with Crippen molar-refractivity contribution in [2.75, 3.05) is 9.80 Å². The van der Waals surface area contributed by atoms with E-state index in [1.807, 2.05) is 0 Å². The molecule has 1 aliphatic carbocycles. The van der Waals surface area contributed by atoms with Crippen LogP contribution in [0.1, 0.15) is 11.5 Å². The molecule has 0 heterocycles. The molecule has 12 rings (SSSR count). The average Bonchev–Trinajstić information content (AvgIpc) is 3.29. The Morgan fingerprint density at radius 1 is 0.293 bits per heavy atom. The number of hydrogen-bond donors (Lipinski definition) is 0. The standard InChI is InChI=1S/C56H38N2/c1-4-12-38(13-5-1)39-30-32-56(33-31-39,57(48-18-6-2-7-19-48)50-34-44-26-22-40-14-10-15-41-23-27-45(35-50)54(44)52(40)41)58(49-20-8-3-9-21-49)51-36-46-28-24-42-16-11-17-43-25-29-47(37-51)55(46)53(42)43/h1-37,39H. The first kappa shape index (κ1) is 32.8. The highest BCUT2D eigenvalue weighted by atomic mass is 15.4. The summed E-state index contributed by atoms with van der Waals surface area (Å²) in [7, 11) is 0. The Morgan fingerprint density at radius 3 is 1.00 bits per heavy atom. The van der Waals surface area contributed by atoms with Gasteiger partial charge >= 0.3 is 0 Å². The fourth-order valence-electron chi connectivity index (χ4n) is 9.92. The molecule has 2 nitrogen and oxygen atoms in total. The van der Waals surface area contributed by atoms with E-state index in [0.717, 1.165) is 22.7 Å². The molecule has 0 aliphatic heterocycles. The van der Waals surface area contributed by atoms with E-state index in [-0.39, 0.29) is 5.92 Å².